The molecule has 2 aromatic rings. The van der Waals surface area contributed by atoms with Gasteiger partial charge in [0.2, 0.25) is 5.95 Å². The highest BCUT2D eigenvalue weighted by molar-refractivity contribution is 5.67. The molecular weight excluding hydrogens is 348 g/mol. The van der Waals surface area contributed by atoms with Gasteiger partial charge in [-0.3, -0.25) is 0 Å². The second-order valence-electron chi connectivity index (χ2n) is 6.10. The van der Waals surface area contributed by atoms with Gasteiger partial charge in [0.25, 0.3) is 0 Å². The highest BCUT2D eigenvalue weighted by Crippen LogP contribution is 2.26. The minimum atomic E-state index is -0.253. The summed E-state index contributed by atoms with van der Waals surface area (Å²) in [5.41, 5.74) is 0.800. The van der Waals surface area contributed by atoms with Crippen LogP contribution in [0.15, 0.2) is 30.5 Å². The standard InChI is InChI=1S/C18H24N6O3/c1-3-27-18(25)24-10-8-13(9-11-24)20-17-22-16(12-19-23-17)21-14-6-4-5-7-15(14)26-2/h4-7,12-13H,3,8-11H2,1-2H3,(H2,20,21,22,23). The summed E-state index contributed by atoms with van der Waals surface area (Å²) in [5, 5.41) is 14.5. The summed E-state index contributed by atoms with van der Waals surface area (Å²) in [6.45, 7) is 3.48. The summed E-state index contributed by atoms with van der Waals surface area (Å²) in [6.07, 6.45) is 2.90. The summed E-state index contributed by atoms with van der Waals surface area (Å²) in [7, 11) is 1.62. The molecule has 0 aliphatic carbocycles. The predicted octanol–water partition coefficient (Wildman–Crippen LogP) is 2.66. The molecule has 2 heterocycles. The topological polar surface area (TPSA) is 102 Å². The molecule has 0 radical (unpaired) electrons. The van der Waals surface area contributed by atoms with E-state index in [2.05, 4.69) is 25.8 Å². The van der Waals surface area contributed by atoms with Crippen molar-refractivity contribution in [1.29, 1.82) is 0 Å². The molecule has 1 aliphatic rings. The Balaban J connectivity index is 1.58. The first-order valence-corrected chi connectivity index (χ1v) is 8.97. The van der Waals surface area contributed by atoms with Crippen LogP contribution in [0.2, 0.25) is 0 Å². The summed E-state index contributed by atoms with van der Waals surface area (Å²) < 4.78 is 10.4. The quantitative estimate of drug-likeness (QED) is 0.798. The minimum Gasteiger partial charge on any atom is -0.495 e. The number of para-hydroxylation sites is 2. The second kappa shape index (κ2) is 9.02. The maximum Gasteiger partial charge on any atom is 0.409 e. The lowest BCUT2D eigenvalue weighted by molar-refractivity contribution is 0.0983. The van der Waals surface area contributed by atoms with Gasteiger partial charge in [-0.25, -0.2) is 4.79 Å². The van der Waals surface area contributed by atoms with E-state index in [0.717, 1.165) is 24.3 Å². The molecule has 2 N–H and O–H groups in total. The maximum atomic E-state index is 11.8. The molecule has 27 heavy (non-hydrogen) atoms. The Morgan fingerprint density at radius 1 is 1.30 bits per heavy atom. The van der Waals surface area contributed by atoms with Crippen LogP contribution in [0.4, 0.5) is 22.2 Å². The molecule has 1 aromatic carbocycles. The van der Waals surface area contributed by atoms with Crippen molar-refractivity contribution in [2.75, 3.05) is 37.4 Å². The lowest BCUT2D eigenvalue weighted by atomic mass is 10.1. The van der Waals surface area contributed by atoms with Gasteiger partial charge in [0, 0.05) is 19.1 Å². The van der Waals surface area contributed by atoms with Crippen molar-refractivity contribution in [3.63, 3.8) is 0 Å². The zero-order valence-corrected chi connectivity index (χ0v) is 15.5. The molecule has 1 aliphatic heterocycles. The third-order valence-electron chi connectivity index (χ3n) is 4.28. The van der Waals surface area contributed by atoms with Crippen molar-refractivity contribution >= 4 is 23.5 Å². The van der Waals surface area contributed by atoms with Crippen molar-refractivity contribution in [1.82, 2.24) is 20.1 Å². The Labute approximate surface area is 158 Å². The van der Waals surface area contributed by atoms with E-state index < -0.39 is 0 Å². The molecule has 0 spiro atoms. The Kier molecular flexibility index (Phi) is 6.24. The first-order valence-electron chi connectivity index (χ1n) is 8.97. The number of amides is 1. The van der Waals surface area contributed by atoms with Crippen molar-refractivity contribution in [3.8, 4) is 5.75 Å². The van der Waals surface area contributed by atoms with Crippen LogP contribution in [0.3, 0.4) is 0 Å². The van der Waals surface area contributed by atoms with Crippen LogP contribution in [0.1, 0.15) is 19.8 Å². The number of carbonyl (C=O) groups excluding carboxylic acids is 1. The second-order valence-corrected chi connectivity index (χ2v) is 6.10. The molecule has 3 rings (SSSR count). The van der Waals surface area contributed by atoms with Crippen LogP contribution in [0.5, 0.6) is 5.75 Å². The van der Waals surface area contributed by atoms with Gasteiger partial charge < -0.3 is 25.0 Å². The van der Waals surface area contributed by atoms with Gasteiger partial charge in [-0.2, -0.15) is 10.1 Å². The Hall–Kier alpha value is -3.10. The number of aromatic nitrogens is 3. The van der Waals surface area contributed by atoms with E-state index in [-0.39, 0.29) is 12.1 Å². The first kappa shape index (κ1) is 18.7. The van der Waals surface area contributed by atoms with Gasteiger partial charge in [0.15, 0.2) is 5.82 Å². The number of hydrogen-bond acceptors (Lipinski definition) is 8. The number of likely N-dealkylation sites (tertiary alicyclic amines) is 1. The van der Waals surface area contributed by atoms with Crippen molar-refractivity contribution < 1.29 is 14.3 Å². The van der Waals surface area contributed by atoms with Crippen LogP contribution in [0.25, 0.3) is 0 Å². The molecular formula is C18H24N6O3. The fraction of sp³-hybridized carbons (Fsp3) is 0.444. The third-order valence-corrected chi connectivity index (χ3v) is 4.28. The van der Waals surface area contributed by atoms with E-state index in [9.17, 15) is 4.79 Å². The molecule has 1 amide bonds. The SMILES string of the molecule is CCOC(=O)N1CCC(Nc2nncc(Nc3ccccc3OC)n2)CC1. The smallest absolute Gasteiger partial charge is 0.409 e. The number of ether oxygens (including phenoxy) is 2. The Morgan fingerprint density at radius 2 is 2.07 bits per heavy atom. The number of anilines is 3. The average molecular weight is 372 g/mol. The minimum absolute atomic E-state index is 0.180. The summed E-state index contributed by atoms with van der Waals surface area (Å²) in [4.78, 5) is 18.0. The molecule has 1 saturated heterocycles. The maximum absolute atomic E-state index is 11.8. The summed E-state index contributed by atoms with van der Waals surface area (Å²) >= 11 is 0. The molecule has 9 heteroatoms. The molecule has 1 fully saturated rings. The normalized spacial score (nSPS) is 14.5. The van der Waals surface area contributed by atoms with Crippen molar-refractivity contribution in [2.45, 2.75) is 25.8 Å². The number of carbonyl (C=O) groups is 1. The largest absolute Gasteiger partial charge is 0.495 e. The number of benzene rings is 1. The molecule has 0 bridgehead atoms. The zero-order valence-electron chi connectivity index (χ0n) is 15.5. The number of rotatable bonds is 6. The van der Waals surface area contributed by atoms with E-state index >= 15 is 0 Å². The van der Waals surface area contributed by atoms with Gasteiger partial charge in [0.1, 0.15) is 5.75 Å². The highest BCUT2D eigenvalue weighted by atomic mass is 16.6. The number of nitrogens with zero attached hydrogens (tertiary/aromatic N) is 4. The van der Waals surface area contributed by atoms with E-state index in [0.29, 0.717) is 31.5 Å². The number of methoxy groups -OCH3 is 1. The molecule has 0 atom stereocenters. The van der Waals surface area contributed by atoms with Crippen LogP contribution >= 0.6 is 0 Å². The van der Waals surface area contributed by atoms with Gasteiger partial charge >= 0.3 is 6.09 Å². The Morgan fingerprint density at radius 3 is 2.81 bits per heavy atom. The van der Waals surface area contributed by atoms with Crippen molar-refractivity contribution in [2.24, 2.45) is 0 Å². The monoisotopic (exact) mass is 372 g/mol. The summed E-state index contributed by atoms with van der Waals surface area (Å²) in [5.74, 6) is 1.74. The zero-order chi connectivity index (χ0) is 19.1. The molecule has 9 nitrogen and oxygen atoms in total. The van der Waals surface area contributed by atoms with E-state index in [1.807, 2.05) is 31.2 Å². The fourth-order valence-electron chi connectivity index (χ4n) is 2.91. The van der Waals surface area contributed by atoms with E-state index in [1.54, 1.807) is 18.2 Å². The number of piperidine rings is 1. The van der Waals surface area contributed by atoms with Crippen LogP contribution in [-0.4, -0.2) is 59.0 Å². The van der Waals surface area contributed by atoms with Gasteiger partial charge in [-0.1, -0.05) is 12.1 Å². The predicted molar refractivity (Wildman–Crippen MR) is 101 cm³/mol. The molecule has 0 saturated carbocycles. The first-order chi connectivity index (χ1) is 13.2. The van der Waals surface area contributed by atoms with Crippen LogP contribution in [-0.2, 0) is 4.74 Å². The fourth-order valence-corrected chi connectivity index (χ4v) is 2.91. The molecule has 1 aromatic heterocycles. The van der Waals surface area contributed by atoms with Crippen LogP contribution in [0, 0.1) is 0 Å². The molecule has 144 valence electrons. The summed E-state index contributed by atoms with van der Waals surface area (Å²) in [6, 6.07) is 7.76. The van der Waals surface area contributed by atoms with Crippen LogP contribution < -0.4 is 15.4 Å². The molecule has 0 unspecified atom stereocenters. The lowest BCUT2D eigenvalue weighted by Crippen LogP contribution is -2.42. The average Bonchev–Trinajstić information content (AvgIpc) is 2.69. The van der Waals surface area contributed by atoms with Crippen molar-refractivity contribution in [3.05, 3.63) is 30.5 Å². The van der Waals surface area contributed by atoms with Gasteiger partial charge in [0.05, 0.1) is 25.6 Å². The number of nitrogens with one attached hydrogen (secondary N) is 2. The van der Waals surface area contributed by atoms with Gasteiger partial charge in [-0.15, -0.1) is 5.10 Å². The third kappa shape index (κ3) is 4.96. The number of hydrogen-bond donors (Lipinski definition) is 2. The van der Waals surface area contributed by atoms with E-state index in [4.69, 9.17) is 9.47 Å². The Bertz CT molecular complexity index is 764. The lowest BCUT2D eigenvalue weighted by Gasteiger charge is -2.31. The van der Waals surface area contributed by atoms with E-state index in [1.165, 1.54) is 0 Å². The highest BCUT2D eigenvalue weighted by Gasteiger charge is 2.24. The van der Waals surface area contributed by atoms with Gasteiger partial charge in [-0.05, 0) is 31.9 Å².